The quantitative estimate of drug-likeness (QED) is 0.511. The van der Waals surface area contributed by atoms with Crippen molar-refractivity contribution in [1.82, 2.24) is 10.2 Å². The van der Waals surface area contributed by atoms with Gasteiger partial charge in [-0.3, -0.25) is 9.59 Å². The molecule has 1 N–H and O–H groups in total. The average molecular weight is 471 g/mol. The van der Waals surface area contributed by atoms with Crippen LogP contribution in [0.4, 0.5) is 4.39 Å². The van der Waals surface area contributed by atoms with Crippen molar-refractivity contribution in [1.29, 1.82) is 0 Å². The largest absolute Gasteiger partial charge is 0.355 e. The molecule has 2 amide bonds. The predicted molar refractivity (Wildman–Crippen MR) is 122 cm³/mol. The highest BCUT2D eigenvalue weighted by atomic mass is 35.5. The predicted octanol–water partition coefficient (Wildman–Crippen LogP) is 5.31. The molecule has 30 heavy (non-hydrogen) atoms. The van der Waals surface area contributed by atoms with Crippen molar-refractivity contribution in [3.63, 3.8) is 0 Å². The van der Waals surface area contributed by atoms with E-state index in [0.717, 1.165) is 11.1 Å². The summed E-state index contributed by atoms with van der Waals surface area (Å²) >= 11 is 13.5. The van der Waals surface area contributed by atoms with E-state index in [1.165, 1.54) is 23.9 Å². The van der Waals surface area contributed by atoms with Crippen LogP contribution >= 0.6 is 35.0 Å². The van der Waals surface area contributed by atoms with Crippen LogP contribution in [0, 0.1) is 5.82 Å². The van der Waals surface area contributed by atoms with E-state index in [9.17, 15) is 14.0 Å². The second kappa shape index (κ2) is 12.2. The number of amides is 2. The number of thioether (sulfide) groups is 1. The Bertz CT molecular complexity index is 865. The molecular weight excluding hydrogens is 446 g/mol. The molecule has 0 aliphatic rings. The monoisotopic (exact) mass is 470 g/mol. The number of hydrogen-bond acceptors (Lipinski definition) is 3. The van der Waals surface area contributed by atoms with Gasteiger partial charge in [0, 0.05) is 18.8 Å². The first kappa shape index (κ1) is 24.5. The highest BCUT2D eigenvalue weighted by Gasteiger charge is 2.28. The summed E-state index contributed by atoms with van der Waals surface area (Å²) in [5.74, 6) is 0.155. The molecule has 0 heterocycles. The number of nitrogens with zero attached hydrogens (tertiary/aromatic N) is 1. The Morgan fingerprint density at radius 3 is 2.33 bits per heavy atom. The molecule has 0 radical (unpaired) electrons. The molecule has 0 saturated heterocycles. The van der Waals surface area contributed by atoms with Gasteiger partial charge in [-0.1, -0.05) is 48.3 Å². The van der Waals surface area contributed by atoms with E-state index in [2.05, 4.69) is 5.32 Å². The van der Waals surface area contributed by atoms with Gasteiger partial charge in [-0.15, -0.1) is 11.8 Å². The number of halogens is 3. The van der Waals surface area contributed by atoms with Gasteiger partial charge in [0.15, 0.2) is 0 Å². The van der Waals surface area contributed by atoms with Crippen molar-refractivity contribution in [2.24, 2.45) is 0 Å². The lowest BCUT2D eigenvalue weighted by Crippen LogP contribution is -2.49. The van der Waals surface area contributed by atoms with Crippen LogP contribution in [0.3, 0.4) is 0 Å². The van der Waals surface area contributed by atoms with Gasteiger partial charge in [0.25, 0.3) is 0 Å². The van der Waals surface area contributed by atoms with Crippen molar-refractivity contribution in [2.75, 3.05) is 12.3 Å². The third-order valence-corrected chi connectivity index (χ3v) is 6.21. The van der Waals surface area contributed by atoms with Crippen molar-refractivity contribution >= 4 is 46.8 Å². The third kappa shape index (κ3) is 7.18. The number of hydrogen-bond donors (Lipinski definition) is 1. The summed E-state index contributed by atoms with van der Waals surface area (Å²) in [6.45, 7) is 4.46. The molecular formula is C22H25Cl2FN2O2S. The highest BCUT2D eigenvalue weighted by molar-refractivity contribution is 7.99. The second-order valence-corrected chi connectivity index (χ2v) is 8.51. The number of nitrogens with one attached hydrogen (secondary N) is 1. The first-order chi connectivity index (χ1) is 14.3. The van der Waals surface area contributed by atoms with Crippen LogP contribution in [-0.4, -0.2) is 35.1 Å². The SMILES string of the molecule is CCNC(=O)C(CC)N(Cc1ccc(Cl)c(Cl)c1)C(=O)CSCc1ccc(F)cc1. The van der Waals surface area contributed by atoms with E-state index in [1.54, 1.807) is 35.2 Å². The Morgan fingerprint density at radius 1 is 1.07 bits per heavy atom. The number of carbonyl (C=O) groups excluding carboxylic acids is 2. The lowest BCUT2D eigenvalue weighted by molar-refractivity contribution is -0.139. The Morgan fingerprint density at radius 2 is 1.73 bits per heavy atom. The van der Waals surface area contributed by atoms with Gasteiger partial charge in [0.1, 0.15) is 11.9 Å². The maximum atomic E-state index is 13.1. The van der Waals surface area contributed by atoms with Crippen LogP contribution in [0.15, 0.2) is 42.5 Å². The Hall–Kier alpha value is -1.76. The third-order valence-electron chi connectivity index (χ3n) is 4.48. The zero-order chi connectivity index (χ0) is 22.1. The topological polar surface area (TPSA) is 49.4 Å². The van der Waals surface area contributed by atoms with Gasteiger partial charge in [0.05, 0.1) is 15.8 Å². The van der Waals surface area contributed by atoms with Gasteiger partial charge in [-0.2, -0.15) is 0 Å². The maximum absolute atomic E-state index is 13.1. The summed E-state index contributed by atoms with van der Waals surface area (Å²) in [7, 11) is 0. The van der Waals surface area contributed by atoms with Crippen molar-refractivity contribution < 1.29 is 14.0 Å². The lowest BCUT2D eigenvalue weighted by atomic mass is 10.1. The van der Waals surface area contributed by atoms with Crippen LogP contribution in [0.2, 0.25) is 10.0 Å². The van der Waals surface area contributed by atoms with Gasteiger partial charge in [-0.25, -0.2) is 4.39 Å². The van der Waals surface area contributed by atoms with Crippen LogP contribution < -0.4 is 5.32 Å². The van der Waals surface area contributed by atoms with E-state index in [0.29, 0.717) is 28.8 Å². The standard InChI is InChI=1S/C22H25Cl2FN2O2S/c1-3-20(22(29)26-4-2)27(12-16-7-10-18(23)19(24)11-16)21(28)14-30-13-15-5-8-17(25)9-6-15/h5-11,20H,3-4,12-14H2,1-2H3,(H,26,29). The molecule has 2 aromatic rings. The molecule has 162 valence electrons. The summed E-state index contributed by atoms with van der Waals surface area (Å²) in [5, 5.41) is 3.64. The second-order valence-electron chi connectivity index (χ2n) is 6.71. The maximum Gasteiger partial charge on any atom is 0.242 e. The fourth-order valence-electron chi connectivity index (χ4n) is 2.97. The molecule has 4 nitrogen and oxygen atoms in total. The average Bonchev–Trinajstić information content (AvgIpc) is 2.72. The van der Waals surface area contributed by atoms with Gasteiger partial charge in [-0.05, 0) is 48.7 Å². The van der Waals surface area contributed by atoms with Crippen LogP contribution in [0.1, 0.15) is 31.4 Å². The van der Waals surface area contributed by atoms with Gasteiger partial charge < -0.3 is 10.2 Å². The summed E-state index contributed by atoms with van der Waals surface area (Å²) in [5.41, 5.74) is 1.73. The Labute approximate surface area is 191 Å². The van der Waals surface area contributed by atoms with Crippen LogP contribution in [-0.2, 0) is 21.9 Å². The lowest BCUT2D eigenvalue weighted by Gasteiger charge is -2.30. The van der Waals surface area contributed by atoms with E-state index in [-0.39, 0.29) is 29.9 Å². The highest BCUT2D eigenvalue weighted by Crippen LogP contribution is 2.24. The van der Waals surface area contributed by atoms with Gasteiger partial charge in [0.2, 0.25) is 11.8 Å². The molecule has 0 aromatic heterocycles. The summed E-state index contributed by atoms with van der Waals surface area (Å²) < 4.78 is 13.0. The minimum Gasteiger partial charge on any atom is -0.355 e. The minimum atomic E-state index is -0.585. The van der Waals surface area contributed by atoms with Crippen molar-refractivity contribution in [3.05, 3.63) is 69.5 Å². The minimum absolute atomic E-state index is 0.147. The molecule has 0 saturated carbocycles. The number of rotatable bonds is 10. The van der Waals surface area contributed by atoms with E-state index < -0.39 is 6.04 Å². The molecule has 0 fully saturated rings. The smallest absolute Gasteiger partial charge is 0.242 e. The fraction of sp³-hybridized carbons (Fsp3) is 0.364. The first-order valence-corrected chi connectivity index (χ1v) is 11.6. The van der Waals surface area contributed by atoms with Crippen LogP contribution in [0.25, 0.3) is 0 Å². The van der Waals surface area contributed by atoms with E-state index in [4.69, 9.17) is 23.2 Å². The summed E-state index contributed by atoms with van der Waals surface area (Å²) in [6, 6.07) is 10.8. The molecule has 2 rings (SSSR count). The molecule has 0 aliphatic carbocycles. The number of likely N-dealkylation sites (N-methyl/N-ethyl adjacent to an activating group) is 1. The number of benzene rings is 2. The molecule has 8 heteroatoms. The van der Waals surface area contributed by atoms with Gasteiger partial charge >= 0.3 is 0 Å². The van der Waals surface area contributed by atoms with Crippen LogP contribution in [0.5, 0.6) is 0 Å². The van der Waals surface area contributed by atoms with E-state index >= 15 is 0 Å². The molecule has 0 bridgehead atoms. The van der Waals surface area contributed by atoms with Crippen molar-refractivity contribution in [2.45, 2.75) is 38.6 Å². The van der Waals surface area contributed by atoms with Crippen molar-refractivity contribution in [3.8, 4) is 0 Å². The molecule has 0 aliphatic heterocycles. The molecule has 2 aromatic carbocycles. The fourth-order valence-corrected chi connectivity index (χ4v) is 4.16. The zero-order valence-corrected chi connectivity index (χ0v) is 19.3. The zero-order valence-electron chi connectivity index (χ0n) is 17.0. The number of carbonyl (C=O) groups is 2. The van der Waals surface area contributed by atoms with E-state index in [1.807, 2.05) is 13.8 Å². The summed E-state index contributed by atoms with van der Waals surface area (Å²) in [6.07, 6.45) is 0.488. The molecule has 0 spiro atoms. The Balaban J connectivity index is 2.13. The normalized spacial score (nSPS) is 11.8. The Kier molecular flexibility index (Phi) is 9.95. The summed E-state index contributed by atoms with van der Waals surface area (Å²) in [4.78, 5) is 27.2. The molecule has 1 unspecified atom stereocenters. The molecule has 1 atom stereocenters. The first-order valence-electron chi connectivity index (χ1n) is 9.69.